The van der Waals surface area contributed by atoms with Crippen LogP contribution in [-0.4, -0.2) is 26.4 Å². The lowest BCUT2D eigenvalue weighted by Gasteiger charge is -2.16. The molecule has 0 aromatic heterocycles. The predicted molar refractivity (Wildman–Crippen MR) is 68.9 cm³/mol. The van der Waals surface area contributed by atoms with E-state index in [-0.39, 0.29) is 27.2 Å². The summed E-state index contributed by atoms with van der Waals surface area (Å²) < 4.78 is 21.8. The van der Waals surface area contributed by atoms with Gasteiger partial charge in [-0.3, -0.25) is 9.00 Å². The van der Waals surface area contributed by atoms with Gasteiger partial charge in [0.2, 0.25) is 0 Å². The third-order valence-corrected chi connectivity index (χ3v) is 3.76. The van der Waals surface area contributed by atoms with E-state index >= 15 is 0 Å². The summed E-state index contributed by atoms with van der Waals surface area (Å²) in [4.78, 5) is 10.6. The van der Waals surface area contributed by atoms with Crippen molar-refractivity contribution in [3.63, 3.8) is 0 Å². The summed E-state index contributed by atoms with van der Waals surface area (Å²) in [5, 5.41) is 11.7. The van der Waals surface area contributed by atoms with Gasteiger partial charge in [-0.2, -0.15) is 0 Å². The van der Waals surface area contributed by atoms with Crippen LogP contribution in [0.4, 0.5) is 5.69 Å². The van der Waals surface area contributed by atoms with Gasteiger partial charge in [0, 0.05) is 11.4 Å². The molecule has 0 saturated carbocycles. The zero-order chi connectivity index (χ0) is 13.9. The Morgan fingerprint density at radius 1 is 1.56 bits per heavy atom. The van der Waals surface area contributed by atoms with Crippen molar-refractivity contribution in [2.24, 2.45) is 5.92 Å². The molecule has 0 aliphatic rings. The molecule has 2 unspecified atom stereocenters. The monoisotopic (exact) mass is 310 g/mol. The molecule has 0 amide bonds. The molecular weight excluding hydrogens is 301 g/mol. The van der Waals surface area contributed by atoms with Crippen molar-refractivity contribution >= 4 is 45.9 Å². The quantitative estimate of drug-likeness (QED) is 0.815. The van der Waals surface area contributed by atoms with Gasteiger partial charge in [-0.1, -0.05) is 30.1 Å². The highest BCUT2D eigenvalue weighted by atomic mass is 35.5. The van der Waals surface area contributed by atoms with Gasteiger partial charge in [0.05, 0.1) is 21.7 Å². The Kier molecular flexibility index (Phi) is 5.40. The molecule has 1 aromatic rings. The Morgan fingerprint density at radius 3 is 2.67 bits per heavy atom. The summed E-state index contributed by atoms with van der Waals surface area (Å²) in [6.07, 6.45) is 0. The van der Waals surface area contributed by atoms with E-state index in [0.29, 0.717) is 0 Å². The molecule has 0 bridgehead atoms. The maximum absolute atomic E-state index is 10.9. The molecule has 5 nitrogen and oxygen atoms in total. The number of halogens is 2. The number of carbonyl (C=O) groups is 1. The van der Waals surface area contributed by atoms with E-state index in [2.05, 4.69) is 5.32 Å². The highest BCUT2D eigenvalue weighted by molar-refractivity contribution is 7.79. The lowest BCUT2D eigenvalue weighted by molar-refractivity contribution is -0.140. The minimum Gasteiger partial charge on any atom is -0.768 e. The molecule has 100 valence electrons. The number of hydrogen-bond acceptors (Lipinski definition) is 4. The first-order valence-electron chi connectivity index (χ1n) is 4.88. The Morgan fingerprint density at radius 2 is 2.17 bits per heavy atom. The topological polar surface area (TPSA) is 89.5 Å². The highest BCUT2D eigenvalue weighted by Crippen LogP contribution is 2.34. The Hall–Kier alpha value is -0.820. The van der Waals surface area contributed by atoms with Crippen molar-refractivity contribution in [2.75, 3.05) is 11.9 Å². The summed E-state index contributed by atoms with van der Waals surface area (Å²) in [6.45, 7) is 1.59. The maximum atomic E-state index is 10.9. The first-order valence-corrected chi connectivity index (χ1v) is 6.71. The zero-order valence-electron chi connectivity index (χ0n) is 9.28. The van der Waals surface area contributed by atoms with Gasteiger partial charge in [0.15, 0.2) is 0 Å². The fourth-order valence-corrected chi connectivity index (χ4v) is 2.29. The van der Waals surface area contributed by atoms with Gasteiger partial charge in [0.25, 0.3) is 0 Å². The summed E-state index contributed by atoms with van der Waals surface area (Å²) >= 11 is 9.28. The van der Waals surface area contributed by atoms with Gasteiger partial charge >= 0.3 is 5.97 Å². The molecule has 18 heavy (non-hydrogen) atoms. The van der Waals surface area contributed by atoms with Crippen LogP contribution in [-0.2, 0) is 15.9 Å². The van der Waals surface area contributed by atoms with Crippen LogP contribution in [0.25, 0.3) is 0 Å². The molecule has 1 rings (SSSR count). The minimum absolute atomic E-state index is 0.0478. The van der Waals surface area contributed by atoms with Crippen molar-refractivity contribution in [3.05, 3.63) is 22.2 Å². The van der Waals surface area contributed by atoms with E-state index in [1.54, 1.807) is 0 Å². The molecule has 0 radical (unpaired) electrons. The minimum atomic E-state index is -2.48. The second-order valence-electron chi connectivity index (χ2n) is 3.59. The second kappa shape index (κ2) is 6.38. The Bertz CT molecular complexity index is 495. The lowest BCUT2D eigenvalue weighted by atomic mass is 10.2. The largest absolute Gasteiger partial charge is 0.768 e. The van der Waals surface area contributed by atoms with E-state index in [9.17, 15) is 13.6 Å². The SMILES string of the molecule is CC(CNc1c(Cl)ccc(S(=O)[O-])c1Cl)C(=O)O. The number of carboxylic acid groups (broad SMARTS) is 1. The van der Waals surface area contributed by atoms with Crippen molar-refractivity contribution in [3.8, 4) is 0 Å². The Labute approximate surface area is 116 Å². The molecule has 0 spiro atoms. The summed E-state index contributed by atoms with van der Waals surface area (Å²) in [5.74, 6) is -1.63. The molecule has 0 aliphatic heterocycles. The van der Waals surface area contributed by atoms with Crippen molar-refractivity contribution in [1.82, 2.24) is 0 Å². The van der Waals surface area contributed by atoms with Crippen LogP contribution >= 0.6 is 23.2 Å². The number of carboxylic acids is 1. The zero-order valence-corrected chi connectivity index (χ0v) is 11.6. The van der Waals surface area contributed by atoms with E-state index in [1.807, 2.05) is 0 Å². The third kappa shape index (κ3) is 3.58. The summed E-state index contributed by atoms with van der Waals surface area (Å²) in [5.41, 5.74) is 0.216. The molecule has 8 heteroatoms. The van der Waals surface area contributed by atoms with E-state index < -0.39 is 23.0 Å². The maximum Gasteiger partial charge on any atom is 0.308 e. The van der Waals surface area contributed by atoms with Crippen LogP contribution < -0.4 is 5.32 Å². The molecule has 2 atom stereocenters. The smallest absolute Gasteiger partial charge is 0.308 e. The lowest BCUT2D eigenvalue weighted by Crippen LogP contribution is -2.20. The number of rotatable bonds is 5. The van der Waals surface area contributed by atoms with Crippen LogP contribution in [0, 0.1) is 5.92 Å². The van der Waals surface area contributed by atoms with Gasteiger partial charge < -0.3 is 15.0 Å². The van der Waals surface area contributed by atoms with Crippen molar-refractivity contribution in [2.45, 2.75) is 11.8 Å². The highest BCUT2D eigenvalue weighted by Gasteiger charge is 2.15. The van der Waals surface area contributed by atoms with Crippen LogP contribution in [0.15, 0.2) is 17.0 Å². The molecule has 0 saturated heterocycles. The van der Waals surface area contributed by atoms with Crippen LogP contribution in [0.2, 0.25) is 10.0 Å². The number of nitrogens with one attached hydrogen (secondary N) is 1. The van der Waals surface area contributed by atoms with Gasteiger partial charge in [0.1, 0.15) is 0 Å². The van der Waals surface area contributed by atoms with Gasteiger partial charge in [-0.05, 0) is 23.2 Å². The summed E-state index contributed by atoms with van der Waals surface area (Å²) in [7, 11) is 0. The van der Waals surface area contributed by atoms with E-state index in [4.69, 9.17) is 28.3 Å². The van der Waals surface area contributed by atoms with Crippen LogP contribution in [0.3, 0.4) is 0 Å². The number of aliphatic carboxylic acids is 1. The van der Waals surface area contributed by atoms with Crippen LogP contribution in [0.1, 0.15) is 6.92 Å². The fourth-order valence-electron chi connectivity index (χ4n) is 1.17. The molecule has 2 N–H and O–H groups in total. The molecule has 0 fully saturated rings. The number of benzene rings is 1. The van der Waals surface area contributed by atoms with Gasteiger partial charge in [-0.25, -0.2) is 0 Å². The number of hydrogen-bond donors (Lipinski definition) is 2. The first-order chi connectivity index (χ1) is 8.34. The van der Waals surface area contributed by atoms with Crippen molar-refractivity contribution in [1.29, 1.82) is 0 Å². The average Bonchev–Trinajstić information content (AvgIpc) is 2.27. The molecular formula is C10H10Cl2NO4S-. The standard InChI is InChI=1S/C10H11Cl2NO4S/c1-5(10(14)15)4-13-9-6(11)2-3-7(8(9)12)18(16)17/h2-3,5,13H,4H2,1H3,(H,14,15)(H,16,17)/p-1. The molecule has 0 aliphatic carbocycles. The Balaban J connectivity index is 2.98. The summed E-state index contributed by atoms with van der Waals surface area (Å²) in [6, 6.07) is 2.66. The molecule has 1 aromatic carbocycles. The predicted octanol–water partition coefficient (Wildman–Crippen LogP) is 2.36. The average molecular weight is 311 g/mol. The fraction of sp³-hybridized carbons (Fsp3) is 0.300. The van der Waals surface area contributed by atoms with E-state index in [0.717, 1.165) is 0 Å². The molecule has 0 heterocycles. The first kappa shape index (κ1) is 15.2. The normalized spacial score (nSPS) is 14.0. The second-order valence-corrected chi connectivity index (χ2v) is 5.28. The third-order valence-electron chi connectivity index (χ3n) is 2.24. The van der Waals surface area contributed by atoms with Crippen LogP contribution in [0.5, 0.6) is 0 Å². The van der Waals surface area contributed by atoms with E-state index in [1.165, 1.54) is 19.1 Å². The van der Waals surface area contributed by atoms with Gasteiger partial charge in [-0.15, -0.1) is 0 Å². The van der Waals surface area contributed by atoms with Crippen molar-refractivity contribution < 1.29 is 18.7 Å². The number of anilines is 1.